The topological polar surface area (TPSA) is 111 Å². The molecule has 1 aliphatic heterocycles. The molecule has 0 radical (unpaired) electrons. The molecule has 0 aliphatic carbocycles. The normalized spacial score (nSPS) is 13.8. The van der Waals surface area contributed by atoms with Crippen LogP contribution in [0.25, 0.3) is 22.4 Å². The number of ether oxygens (including phenoxy) is 1. The smallest absolute Gasteiger partial charge is 0.256 e. The number of hydrogen-bond donors (Lipinski definition) is 2. The van der Waals surface area contributed by atoms with E-state index >= 15 is 4.39 Å². The fraction of sp³-hybridized carbons (Fsp3) is 0.0357. The summed E-state index contributed by atoms with van der Waals surface area (Å²) in [5, 5.41) is 8.10. The molecule has 5 aromatic rings. The molecule has 1 aromatic carbocycles. The second kappa shape index (κ2) is 9.07. The van der Waals surface area contributed by atoms with Gasteiger partial charge in [0, 0.05) is 52.8 Å². The first kappa shape index (κ1) is 23.3. The highest BCUT2D eigenvalue weighted by molar-refractivity contribution is 5.95. The zero-order valence-corrected chi connectivity index (χ0v) is 19.5. The number of nitrogens with zero attached hydrogens (tertiary/aromatic N) is 4. The number of nitrogens with one attached hydrogen (secondary N) is 1. The van der Waals surface area contributed by atoms with E-state index in [1.165, 1.54) is 24.7 Å². The lowest BCUT2D eigenvalue weighted by Gasteiger charge is -2.30. The number of nitrogen functional groups attached to an aromatic ring is 1. The molecule has 0 saturated heterocycles. The average Bonchev–Trinajstić information content (AvgIpc) is 2.92. The summed E-state index contributed by atoms with van der Waals surface area (Å²) in [6, 6.07) is 15.9. The number of amidine groups is 1. The van der Waals surface area contributed by atoms with Crippen LogP contribution in [0.3, 0.4) is 0 Å². The Hall–Kier alpha value is -5.12. The number of fused-ring (bicyclic) bond motifs is 2. The van der Waals surface area contributed by atoms with Crippen molar-refractivity contribution in [1.29, 1.82) is 5.41 Å². The van der Waals surface area contributed by atoms with Gasteiger partial charge in [0.2, 0.25) is 11.9 Å². The van der Waals surface area contributed by atoms with E-state index in [4.69, 9.17) is 15.9 Å². The molecule has 0 unspecified atom stereocenters. The maximum atomic E-state index is 15.5. The van der Waals surface area contributed by atoms with E-state index in [-0.39, 0.29) is 28.5 Å². The van der Waals surface area contributed by atoms with Crippen LogP contribution in [-0.4, -0.2) is 25.8 Å². The number of halogens is 3. The van der Waals surface area contributed by atoms with E-state index in [9.17, 15) is 8.78 Å². The Balaban J connectivity index is 1.63. The van der Waals surface area contributed by atoms with Crippen LogP contribution in [0.2, 0.25) is 0 Å². The first-order valence-electron chi connectivity index (χ1n) is 11.4. The first-order chi connectivity index (χ1) is 18.4. The minimum Gasteiger partial charge on any atom is -0.452 e. The molecule has 0 spiro atoms. The number of rotatable bonds is 4. The van der Waals surface area contributed by atoms with Crippen LogP contribution in [0.5, 0.6) is 11.5 Å². The van der Waals surface area contributed by atoms with Crippen molar-refractivity contribution in [3.63, 3.8) is 0 Å². The molecule has 186 valence electrons. The van der Waals surface area contributed by atoms with Crippen LogP contribution in [0.1, 0.15) is 28.3 Å². The Bertz CT molecular complexity index is 1740. The van der Waals surface area contributed by atoms with E-state index in [0.717, 1.165) is 6.07 Å². The Labute approximate surface area is 214 Å². The number of aromatic nitrogens is 4. The number of benzene rings is 1. The van der Waals surface area contributed by atoms with Gasteiger partial charge in [-0.1, -0.05) is 12.1 Å². The van der Waals surface area contributed by atoms with Gasteiger partial charge < -0.3 is 10.5 Å². The third kappa shape index (κ3) is 3.92. The van der Waals surface area contributed by atoms with E-state index in [0.29, 0.717) is 33.6 Å². The molecule has 3 N–H and O–H groups in total. The monoisotopic (exact) mass is 510 g/mol. The number of pyridine rings is 4. The van der Waals surface area contributed by atoms with Crippen LogP contribution in [0.15, 0.2) is 79.3 Å². The molecule has 10 heteroatoms. The summed E-state index contributed by atoms with van der Waals surface area (Å²) in [6.07, 6.45) is 4.12. The molecular formula is C28H17F3N6O. The molecule has 7 nitrogen and oxygen atoms in total. The van der Waals surface area contributed by atoms with E-state index in [1.807, 2.05) is 0 Å². The van der Waals surface area contributed by atoms with Crippen molar-refractivity contribution in [3.05, 3.63) is 119 Å². The van der Waals surface area contributed by atoms with Crippen LogP contribution in [-0.2, 0) is 0 Å². The van der Waals surface area contributed by atoms with Crippen molar-refractivity contribution in [1.82, 2.24) is 19.9 Å². The van der Waals surface area contributed by atoms with Crippen molar-refractivity contribution >= 4 is 5.84 Å². The fourth-order valence-electron chi connectivity index (χ4n) is 4.67. The molecule has 4 aromatic heterocycles. The van der Waals surface area contributed by atoms with Crippen LogP contribution < -0.4 is 10.5 Å². The zero-order valence-electron chi connectivity index (χ0n) is 19.5. The van der Waals surface area contributed by atoms with Crippen molar-refractivity contribution in [2.24, 2.45) is 5.73 Å². The minimum atomic E-state index is -0.902. The van der Waals surface area contributed by atoms with Crippen molar-refractivity contribution in [2.75, 3.05) is 0 Å². The summed E-state index contributed by atoms with van der Waals surface area (Å²) in [4.78, 5) is 15.6. The molecule has 1 atom stereocenters. The van der Waals surface area contributed by atoms with E-state index in [1.54, 1.807) is 48.5 Å². The Morgan fingerprint density at radius 3 is 2.39 bits per heavy atom. The van der Waals surface area contributed by atoms with Crippen molar-refractivity contribution < 1.29 is 17.9 Å². The molecular weight excluding hydrogens is 493 g/mol. The average molecular weight is 510 g/mol. The van der Waals surface area contributed by atoms with Gasteiger partial charge in [-0.05, 0) is 53.6 Å². The Morgan fingerprint density at radius 1 is 0.789 bits per heavy atom. The van der Waals surface area contributed by atoms with E-state index in [2.05, 4.69) is 19.9 Å². The highest BCUT2D eigenvalue weighted by Gasteiger charge is 2.34. The maximum Gasteiger partial charge on any atom is 0.256 e. The molecule has 0 bridgehead atoms. The van der Waals surface area contributed by atoms with Gasteiger partial charge in [-0.15, -0.1) is 0 Å². The quantitative estimate of drug-likeness (QED) is 0.182. The van der Waals surface area contributed by atoms with Gasteiger partial charge in [-0.25, -0.2) is 15.0 Å². The van der Waals surface area contributed by atoms with Gasteiger partial charge in [0.15, 0.2) is 5.75 Å². The standard InChI is InChI=1S/C28H17F3N6O/c29-22-12-15(7-10-34-22)20-13-19-23(17-4-2-8-35-24(17)28(32)33)18-11-14(16-3-1-9-36-26(16)30)5-6-21(18)38-25(19)27(31)37-20/h1-13,23H,(H3,32,33)/t23-/m1/s1. The molecule has 1 aliphatic rings. The highest BCUT2D eigenvalue weighted by atomic mass is 19.1. The summed E-state index contributed by atoms with van der Waals surface area (Å²) < 4.78 is 49.9. The predicted octanol–water partition coefficient (Wildman–Crippen LogP) is 5.59. The number of nitrogens with two attached hydrogens (primary N) is 1. The molecule has 6 rings (SSSR count). The van der Waals surface area contributed by atoms with Gasteiger partial charge >= 0.3 is 0 Å². The fourth-order valence-corrected chi connectivity index (χ4v) is 4.67. The zero-order chi connectivity index (χ0) is 26.4. The second-order valence-corrected chi connectivity index (χ2v) is 8.57. The lowest BCUT2D eigenvalue weighted by molar-refractivity contribution is 0.406. The lowest BCUT2D eigenvalue weighted by Crippen LogP contribution is -2.21. The van der Waals surface area contributed by atoms with Crippen LogP contribution in [0, 0.1) is 23.3 Å². The second-order valence-electron chi connectivity index (χ2n) is 8.57. The lowest BCUT2D eigenvalue weighted by atomic mass is 9.80. The van der Waals surface area contributed by atoms with E-state index < -0.39 is 23.8 Å². The Kier molecular flexibility index (Phi) is 5.56. The maximum absolute atomic E-state index is 15.5. The Morgan fingerprint density at radius 2 is 1.61 bits per heavy atom. The predicted molar refractivity (Wildman–Crippen MR) is 133 cm³/mol. The summed E-state index contributed by atoms with van der Waals surface area (Å²) in [6.45, 7) is 0. The number of hydrogen-bond acceptors (Lipinski definition) is 6. The molecule has 0 fully saturated rings. The third-order valence-electron chi connectivity index (χ3n) is 6.30. The summed E-state index contributed by atoms with van der Waals surface area (Å²) >= 11 is 0. The van der Waals surface area contributed by atoms with Crippen molar-refractivity contribution in [3.8, 4) is 33.9 Å². The summed E-state index contributed by atoms with van der Waals surface area (Å²) in [5.74, 6) is -3.11. The first-order valence-corrected chi connectivity index (χ1v) is 11.4. The molecule has 5 heterocycles. The summed E-state index contributed by atoms with van der Waals surface area (Å²) in [7, 11) is 0. The van der Waals surface area contributed by atoms with Crippen LogP contribution >= 0.6 is 0 Å². The van der Waals surface area contributed by atoms with Gasteiger partial charge in [-0.2, -0.15) is 13.2 Å². The molecule has 0 saturated carbocycles. The summed E-state index contributed by atoms with van der Waals surface area (Å²) in [5.41, 5.74) is 8.75. The van der Waals surface area contributed by atoms with Gasteiger partial charge in [0.1, 0.15) is 17.3 Å². The van der Waals surface area contributed by atoms with Crippen molar-refractivity contribution in [2.45, 2.75) is 5.92 Å². The molecule has 0 amide bonds. The van der Waals surface area contributed by atoms with Gasteiger partial charge in [0.25, 0.3) is 5.95 Å². The van der Waals surface area contributed by atoms with Gasteiger partial charge in [-0.3, -0.25) is 10.4 Å². The third-order valence-corrected chi connectivity index (χ3v) is 6.30. The SMILES string of the molecule is N=C(N)c1ncccc1[C@@H]1c2cc(-c3cccnc3F)ccc2Oc2c1cc(-c1ccnc(F)c1)nc2F. The van der Waals surface area contributed by atoms with Gasteiger partial charge in [0.05, 0.1) is 5.69 Å². The highest BCUT2D eigenvalue weighted by Crippen LogP contribution is 2.50. The largest absolute Gasteiger partial charge is 0.452 e. The molecule has 38 heavy (non-hydrogen) atoms. The van der Waals surface area contributed by atoms with Crippen LogP contribution in [0.4, 0.5) is 13.2 Å². The minimum absolute atomic E-state index is 0.126.